The van der Waals surface area contributed by atoms with Crippen LogP contribution in [0.3, 0.4) is 0 Å². The highest BCUT2D eigenvalue weighted by Crippen LogP contribution is 2.30. The molecule has 0 spiro atoms. The average Bonchev–Trinajstić information content (AvgIpc) is 2.69. The van der Waals surface area contributed by atoms with E-state index in [4.69, 9.17) is 11.6 Å². The average molecular weight is 300 g/mol. The van der Waals surface area contributed by atoms with Crippen LogP contribution < -0.4 is 5.32 Å². The number of halogens is 1. The molecule has 0 aromatic heterocycles. The third kappa shape index (κ3) is 2.96. The summed E-state index contributed by atoms with van der Waals surface area (Å²) < 4.78 is 0. The molecule has 0 radical (unpaired) electrons. The Morgan fingerprint density at radius 1 is 1.10 bits per heavy atom. The van der Waals surface area contributed by atoms with Crippen molar-refractivity contribution in [2.24, 2.45) is 0 Å². The molecule has 1 heterocycles. The fourth-order valence-electron chi connectivity index (χ4n) is 2.68. The highest BCUT2D eigenvalue weighted by atomic mass is 35.5. The molecule has 21 heavy (non-hydrogen) atoms. The van der Waals surface area contributed by atoms with Gasteiger partial charge in [-0.15, -0.1) is 11.6 Å². The zero-order valence-corrected chi connectivity index (χ0v) is 12.8. The largest absolute Gasteiger partial charge is 0.352 e. The monoisotopic (exact) mass is 299 g/mol. The zero-order chi connectivity index (χ0) is 14.8. The number of benzene rings is 2. The number of nitrogens with one attached hydrogen (secondary N) is 1. The molecule has 2 nitrogen and oxygen atoms in total. The maximum absolute atomic E-state index is 12.1. The van der Waals surface area contributed by atoms with E-state index in [2.05, 4.69) is 24.4 Å². The Balaban J connectivity index is 1.96. The molecule has 1 amide bonds. The number of hydrogen-bond acceptors (Lipinski definition) is 1. The van der Waals surface area contributed by atoms with Gasteiger partial charge in [0.05, 0.1) is 5.38 Å². The van der Waals surface area contributed by atoms with Crippen LogP contribution in [0, 0.1) is 6.92 Å². The van der Waals surface area contributed by atoms with E-state index in [0.717, 1.165) is 41.6 Å². The molecule has 1 atom stereocenters. The third-order valence-electron chi connectivity index (χ3n) is 3.95. The molecule has 0 saturated heterocycles. The van der Waals surface area contributed by atoms with E-state index in [9.17, 15) is 4.79 Å². The van der Waals surface area contributed by atoms with Crippen molar-refractivity contribution in [2.45, 2.75) is 25.1 Å². The van der Waals surface area contributed by atoms with Crippen LogP contribution in [0.2, 0.25) is 0 Å². The Kier molecular flexibility index (Phi) is 3.98. The molecule has 1 unspecified atom stereocenters. The van der Waals surface area contributed by atoms with Crippen LogP contribution in [0.25, 0.3) is 0 Å². The van der Waals surface area contributed by atoms with Gasteiger partial charge in [0.2, 0.25) is 0 Å². The fourth-order valence-corrected chi connectivity index (χ4v) is 2.97. The molecular formula is C18H18ClNO. The molecule has 2 aromatic rings. The predicted molar refractivity (Wildman–Crippen MR) is 86.0 cm³/mol. The van der Waals surface area contributed by atoms with Crippen molar-refractivity contribution >= 4 is 17.5 Å². The summed E-state index contributed by atoms with van der Waals surface area (Å²) in [6, 6.07) is 14.2. The standard InChI is InChI=1S/C18H18ClNO/c1-12-4-6-14(7-5-12)17(19)15-9-8-13-3-2-10-20-18(21)16(13)11-15/h4-9,11,17H,2-3,10H2,1H3,(H,20,21). The van der Waals surface area contributed by atoms with Gasteiger partial charge in [-0.1, -0.05) is 42.0 Å². The Hall–Kier alpha value is -1.80. The van der Waals surface area contributed by atoms with Crippen LogP contribution >= 0.6 is 11.6 Å². The summed E-state index contributed by atoms with van der Waals surface area (Å²) in [6.07, 6.45) is 1.92. The molecular weight excluding hydrogens is 282 g/mol. The van der Waals surface area contributed by atoms with E-state index in [1.54, 1.807) is 0 Å². The lowest BCUT2D eigenvalue weighted by Gasteiger charge is -2.13. The first-order valence-corrected chi connectivity index (χ1v) is 7.70. The fraction of sp³-hybridized carbons (Fsp3) is 0.278. The summed E-state index contributed by atoms with van der Waals surface area (Å²) in [7, 11) is 0. The first-order chi connectivity index (χ1) is 10.1. The second-order valence-corrected chi connectivity index (χ2v) is 5.99. The van der Waals surface area contributed by atoms with Crippen molar-refractivity contribution in [2.75, 3.05) is 6.54 Å². The number of amides is 1. The van der Waals surface area contributed by atoms with Gasteiger partial charge < -0.3 is 5.32 Å². The summed E-state index contributed by atoms with van der Waals surface area (Å²) in [5.74, 6) is 0.0112. The number of carbonyl (C=O) groups is 1. The maximum atomic E-state index is 12.1. The molecule has 3 rings (SSSR count). The molecule has 0 aliphatic carbocycles. The number of carbonyl (C=O) groups excluding carboxylic acids is 1. The highest BCUT2D eigenvalue weighted by molar-refractivity contribution is 6.22. The number of fused-ring (bicyclic) bond motifs is 1. The number of aryl methyl sites for hydroxylation is 2. The number of hydrogen-bond donors (Lipinski definition) is 1. The Bertz CT molecular complexity index is 663. The van der Waals surface area contributed by atoms with Crippen molar-refractivity contribution in [1.82, 2.24) is 5.32 Å². The van der Waals surface area contributed by atoms with E-state index in [1.165, 1.54) is 5.56 Å². The Morgan fingerprint density at radius 3 is 2.57 bits per heavy atom. The van der Waals surface area contributed by atoms with E-state index in [1.807, 2.05) is 30.3 Å². The van der Waals surface area contributed by atoms with Crippen molar-refractivity contribution in [1.29, 1.82) is 0 Å². The Morgan fingerprint density at radius 2 is 1.81 bits per heavy atom. The first kappa shape index (κ1) is 14.2. The SMILES string of the molecule is Cc1ccc(C(Cl)c2ccc3c(c2)C(=O)NCCC3)cc1. The van der Waals surface area contributed by atoms with Gasteiger partial charge in [-0.25, -0.2) is 0 Å². The summed E-state index contributed by atoms with van der Waals surface area (Å²) >= 11 is 6.58. The Labute approximate surface area is 130 Å². The van der Waals surface area contributed by atoms with Crippen LogP contribution in [-0.2, 0) is 6.42 Å². The third-order valence-corrected chi connectivity index (χ3v) is 4.45. The molecule has 0 fully saturated rings. The van der Waals surface area contributed by atoms with Crippen molar-refractivity contribution in [3.63, 3.8) is 0 Å². The van der Waals surface area contributed by atoms with Crippen LogP contribution in [-0.4, -0.2) is 12.5 Å². The molecule has 0 bridgehead atoms. The van der Waals surface area contributed by atoms with Crippen molar-refractivity contribution < 1.29 is 4.79 Å². The lowest BCUT2D eigenvalue weighted by Crippen LogP contribution is -2.22. The smallest absolute Gasteiger partial charge is 0.251 e. The van der Waals surface area contributed by atoms with Gasteiger partial charge in [0, 0.05) is 12.1 Å². The minimum absolute atomic E-state index is 0.0112. The minimum Gasteiger partial charge on any atom is -0.352 e. The van der Waals surface area contributed by atoms with Crippen LogP contribution in [0.15, 0.2) is 42.5 Å². The molecule has 2 aromatic carbocycles. The normalized spacial score (nSPS) is 15.8. The predicted octanol–water partition coefficient (Wildman–Crippen LogP) is 4.00. The maximum Gasteiger partial charge on any atom is 0.251 e. The van der Waals surface area contributed by atoms with Gasteiger partial charge in [-0.05, 0) is 42.5 Å². The van der Waals surface area contributed by atoms with Gasteiger partial charge in [0.15, 0.2) is 0 Å². The van der Waals surface area contributed by atoms with E-state index >= 15 is 0 Å². The lowest BCUT2D eigenvalue weighted by atomic mass is 9.96. The van der Waals surface area contributed by atoms with Gasteiger partial charge in [0.25, 0.3) is 5.91 Å². The molecule has 108 valence electrons. The molecule has 3 heteroatoms. The van der Waals surface area contributed by atoms with E-state index < -0.39 is 0 Å². The quantitative estimate of drug-likeness (QED) is 0.834. The topological polar surface area (TPSA) is 29.1 Å². The second-order valence-electron chi connectivity index (χ2n) is 5.55. The summed E-state index contributed by atoms with van der Waals surface area (Å²) in [4.78, 5) is 12.1. The van der Waals surface area contributed by atoms with Crippen LogP contribution in [0.1, 0.15) is 44.4 Å². The van der Waals surface area contributed by atoms with Crippen LogP contribution in [0.5, 0.6) is 0 Å². The number of alkyl halides is 1. The van der Waals surface area contributed by atoms with Gasteiger partial charge in [0.1, 0.15) is 0 Å². The van der Waals surface area contributed by atoms with Crippen molar-refractivity contribution in [3.05, 3.63) is 70.3 Å². The summed E-state index contributed by atoms with van der Waals surface area (Å²) in [5, 5.41) is 2.70. The van der Waals surface area contributed by atoms with E-state index in [0.29, 0.717) is 0 Å². The lowest BCUT2D eigenvalue weighted by molar-refractivity contribution is 0.0956. The zero-order valence-electron chi connectivity index (χ0n) is 12.0. The molecule has 1 aliphatic rings. The van der Waals surface area contributed by atoms with Crippen molar-refractivity contribution in [3.8, 4) is 0 Å². The van der Waals surface area contributed by atoms with Gasteiger partial charge in [-0.2, -0.15) is 0 Å². The first-order valence-electron chi connectivity index (χ1n) is 7.27. The van der Waals surface area contributed by atoms with E-state index in [-0.39, 0.29) is 11.3 Å². The summed E-state index contributed by atoms with van der Waals surface area (Å²) in [6.45, 7) is 2.80. The minimum atomic E-state index is -0.230. The van der Waals surface area contributed by atoms with Gasteiger partial charge in [-0.3, -0.25) is 4.79 Å². The molecule has 1 aliphatic heterocycles. The second kappa shape index (κ2) is 5.90. The highest BCUT2D eigenvalue weighted by Gasteiger charge is 2.18. The van der Waals surface area contributed by atoms with Crippen LogP contribution in [0.4, 0.5) is 0 Å². The molecule has 1 N–H and O–H groups in total. The summed E-state index contributed by atoms with van der Waals surface area (Å²) in [5.41, 5.74) is 5.11. The van der Waals surface area contributed by atoms with Gasteiger partial charge >= 0.3 is 0 Å². The number of rotatable bonds is 2. The molecule has 0 saturated carbocycles.